The normalized spacial score (nSPS) is 9.71. The third kappa shape index (κ3) is 1.72. The van der Waals surface area contributed by atoms with E-state index in [1.807, 2.05) is 28.7 Å². The van der Waals surface area contributed by atoms with Gasteiger partial charge < -0.3 is 4.52 Å². The molecule has 2 aromatic heterocycles. The van der Waals surface area contributed by atoms with Crippen LogP contribution in [0.15, 0.2) is 22.9 Å². The summed E-state index contributed by atoms with van der Waals surface area (Å²) in [6.45, 7) is 0. The summed E-state index contributed by atoms with van der Waals surface area (Å²) in [4.78, 5) is 8.01. The van der Waals surface area contributed by atoms with E-state index in [0.29, 0.717) is 21.0 Å². The lowest BCUT2D eigenvalue weighted by atomic mass is 10.3. The molecule has 0 spiro atoms. The van der Waals surface area contributed by atoms with Crippen LogP contribution >= 0.6 is 22.6 Å². The Bertz CT molecular complexity index is 485. The third-order valence-electron chi connectivity index (χ3n) is 1.51. The summed E-state index contributed by atoms with van der Waals surface area (Å²) >= 11 is 1.95. The first-order valence-corrected chi connectivity index (χ1v) is 4.73. The van der Waals surface area contributed by atoms with Crippen LogP contribution in [-0.2, 0) is 0 Å². The van der Waals surface area contributed by atoms with Crippen LogP contribution in [0.2, 0.25) is 0 Å². The molecule has 14 heavy (non-hydrogen) atoms. The second-order valence-corrected chi connectivity index (χ2v) is 3.38. The minimum atomic E-state index is 0.360. The minimum absolute atomic E-state index is 0.360. The first kappa shape index (κ1) is 9.08. The zero-order valence-electron chi connectivity index (χ0n) is 6.81. The van der Waals surface area contributed by atoms with E-state index >= 15 is 0 Å². The highest BCUT2D eigenvalue weighted by atomic mass is 127. The maximum absolute atomic E-state index is 8.56. The summed E-state index contributed by atoms with van der Waals surface area (Å²) in [5.74, 6) is 0.360. The highest BCUT2D eigenvalue weighted by Crippen LogP contribution is 2.14. The molecule has 0 N–H and O–H groups in total. The van der Waals surface area contributed by atoms with Gasteiger partial charge in [-0.05, 0) is 12.1 Å². The van der Waals surface area contributed by atoms with Gasteiger partial charge in [-0.1, -0.05) is 5.16 Å². The molecule has 0 saturated carbocycles. The number of nitrogens with zero attached hydrogens (tertiary/aromatic N) is 4. The highest BCUT2D eigenvalue weighted by Gasteiger charge is 2.07. The highest BCUT2D eigenvalue weighted by molar-refractivity contribution is 14.1. The number of nitriles is 1. The number of aromatic nitrogens is 3. The Morgan fingerprint density at radius 2 is 2.29 bits per heavy atom. The van der Waals surface area contributed by atoms with Crippen molar-refractivity contribution in [2.24, 2.45) is 0 Å². The molecule has 5 nitrogen and oxygen atoms in total. The molecule has 0 atom stereocenters. The van der Waals surface area contributed by atoms with Gasteiger partial charge in [-0.2, -0.15) is 10.2 Å². The molecule has 0 bridgehead atoms. The average molecular weight is 298 g/mol. The Balaban J connectivity index is 2.39. The van der Waals surface area contributed by atoms with Gasteiger partial charge in [0.1, 0.15) is 11.8 Å². The fraction of sp³-hybridized carbons (Fsp3) is 0. The van der Waals surface area contributed by atoms with Gasteiger partial charge in [0, 0.05) is 28.8 Å². The van der Waals surface area contributed by atoms with Crippen LogP contribution in [0.5, 0.6) is 0 Å². The van der Waals surface area contributed by atoms with Gasteiger partial charge in [0.2, 0.25) is 3.83 Å². The van der Waals surface area contributed by atoms with Gasteiger partial charge in [0.05, 0.1) is 5.56 Å². The van der Waals surface area contributed by atoms with Crippen molar-refractivity contribution in [2.75, 3.05) is 0 Å². The van der Waals surface area contributed by atoms with Crippen LogP contribution in [0.25, 0.3) is 11.6 Å². The number of rotatable bonds is 1. The molecule has 0 fully saturated rings. The monoisotopic (exact) mass is 298 g/mol. The van der Waals surface area contributed by atoms with Crippen molar-refractivity contribution in [1.29, 1.82) is 5.26 Å². The molecule has 0 unspecified atom stereocenters. The van der Waals surface area contributed by atoms with Gasteiger partial charge in [0.15, 0.2) is 0 Å². The van der Waals surface area contributed by atoms with E-state index in [0.717, 1.165) is 0 Å². The summed E-state index contributed by atoms with van der Waals surface area (Å²) in [6.07, 6.45) is 1.46. The lowest BCUT2D eigenvalue weighted by molar-refractivity contribution is 0.424. The second-order valence-electron chi connectivity index (χ2n) is 2.41. The van der Waals surface area contributed by atoms with Crippen molar-refractivity contribution in [3.8, 4) is 17.7 Å². The first-order chi connectivity index (χ1) is 6.79. The molecule has 0 aromatic carbocycles. The number of hydrogen-bond acceptors (Lipinski definition) is 5. The maximum atomic E-state index is 8.56. The van der Waals surface area contributed by atoms with E-state index in [1.165, 1.54) is 6.20 Å². The molecule has 2 rings (SSSR count). The molecule has 0 aliphatic carbocycles. The Morgan fingerprint density at radius 3 is 2.79 bits per heavy atom. The summed E-state index contributed by atoms with van der Waals surface area (Å²) in [7, 11) is 0. The summed E-state index contributed by atoms with van der Waals surface area (Å²) in [5.41, 5.74) is 1.07. The predicted octanol–water partition coefficient (Wildman–Crippen LogP) is 1.61. The molecule has 68 valence electrons. The van der Waals surface area contributed by atoms with Gasteiger partial charge in [0.25, 0.3) is 5.89 Å². The van der Waals surface area contributed by atoms with Crippen LogP contribution < -0.4 is 0 Å². The fourth-order valence-corrected chi connectivity index (χ4v) is 1.21. The molecular formula is C8H3IN4O. The number of hydrogen-bond donors (Lipinski definition) is 0. The molecule has 6 heteroatoms. The van der Waals surface area contributed by atoms with Crippen LogP contribution in [0.1, 0.15) is 5.56 Å². The van der Waals surface area contributed by atoms with Gasteiger partial charge in [-0.25, -0.2) is 4.98 Å². The second kappa shape index (κ2) is 3.71. The van der Waals surface area contributed by atoms with E-state index in [-0.39, 0.29) is 0 Å². The molecule has 0 amide bonds. The lowest BCUT2D eigenvalue weighted by Crippen LogP contribution is -1.84. The molecular weight excluding hydrogens is 295 g/mol. The molecule has 0 radical (unpaired) electrons. The minimum Gasteiger partial charge on any atom is -0.331 e. The lowest BCUT2D eigenvalue weighted by Gasteiger charge is -1.91. The van der Waals surface area contributed by atoms with Crippen LogP contribution in [0.3, 0.4) is 0 Å². The number of pyridine rings is 1. The Hall–Kier alpha value is -1.49. The molecule has 0 saturated heterocycles. The third-order valence-corrected chi connectivity index (χ3v) is 1.95. The Labute approximate surface area is 92.9 Å². The maximum Gasteiger partial charge on any atom is 0.277 e. The van der Waals surface area contributed by atoms with E-state index in [2.05, 4.69) is 15.1 Å². The standard InChI is InChI=1S/C8H3IN4O/c9-8-12-7(14-13-8)6-2-1-5(3-10)4-11-6/h1-2,4H. The zero-order valence-corrected chi connectivity index (χ0v) is 8.96. The van der Waals surface area contributed by atoms with E-state index < -0.39 is 0 Å². The van der Waals surface area contributed by atoms with Crippen molar-refractivity contribution >= 4 is 22.6 Å². The van der Waals surface area contributed by atoms with E-state index in [9.17, 15) is 0 Å². The van der Waals surface area contributed by atoms with E-state index in [1.54, 1.807) is 12.1 Å². The quantitative estimate of drug-likeness (QED) is 0.748. The molecule has 2 heterocycles. The van der Waals surface area contributed by atoms with Crippen LogP contribution in [-0.4, -0.2) is 15.1 Å². The first-order valence-electron chi connectivity index (χ1n) is 3.65. The van der Waals surface area contributed by atoms with Crippen molar-refractivity contribution in [3.63, 3.8) is 0 Å². The molecule has 2 aromatic rings. The van der Waals surface area contributed by atoms with Crippen molar-refractivity contribution < 1.29 is 4.52 Å². The van der Waals surface area contributed by atoms with Gasteiger partial charge in [-0.15, -0.1) is 0 Å². The molecule has 0 aliphatic rings. The number of halogens is 1. The van der Waals surface area contributed by atoms with E-state index in [4.69, 9.17) is 9.78 Å². The van der Waals surface area contributed by atoms with Gasteiger partial charge >= 0.3 is 0 Å². The summed E-state index contributed by atoms with van der Waals surface area (Å²) < 4.78 is 5.44. The largest absolute Gasteiger partial charge is 0.331 e. The zero-order chi connectivity index (χ0) is 9.97. The Morgan fingerprint density at radius 1 is 1.43 bits per heavy atom. The fourth-order valence-electron chi connectivity index (χ4n) is 0.896. The van der Waals surface area contributed by atoms with Crippen molar-refractivity contribution in [3.05, 3.63) is 27.7 Å². The summed E-state index contributed by atoms with van der Waals surface area (Å²) in [6, 6.07) is 5.30. The summed E-state index contributed by atoms with van der Waals surface area (Å²) in [5, 5.41) is 12.2. The predicted molar refractivity (Wildman–Crippen MR) is 55.0 cm³/mol. The van der Waals surface area contributed by atoms with Crippen LogP contribution in [0, 0.1) is 15.2 Å². The smallest absolute Gasteiger partial charge is 0.277 e. The van der Waals surface area contributed by atoms with Crippen molar-refractivity contribution in [2.45, 2.75) is 0 Å². The van der Waals surface area contributed by atoms with Gasteiger partial charge in [-0.3, -0.25) is 0 Å². The van der Waals surface area contributed by atoms with Crippen molar-refractivity contribution in [1.82, 2.24) is 15.1 Å². The molecule has 0 aliphatic heterocycles. The van der Waals surface area contributed by atoms with Crippen LogP contribution in [0.4, 0.5) is 0 Å². The average Bonchev–Trinajstić information content (AvgIpc) is 2.65. The topological polar surface area (TPSA) is 75.6 Å². The Kier molecular flexibility index (Phi) is 2.41. The SMILES string of the molecule is N#Cc1ccc(-c2nc(I)no2)nc1.